The monoisotopic (exact) mass is 374 g/mol. The van der Waals surface area contributed by atoms with Gasteiger partial charge in [0, 0.05) is 29.6 Å². The highest BCUT2D eigenvalue weighted by atomic mass is 16.5. The van der Waals surface area contributed by atoms with Crippen LogP contribution in [0.2, 0.25) is 0 Å². The van der Waals surface area contributed by atoms with E-state index >= 15 is 0 Å². The van der Waals surface area contributed by atoms with E-state index in [1.807, 2.05) is 24.3 Å². The van der Waals surface area contributed by atoms with Gasteiger partial charge in [0.1, 0.15) is 5.69 Å². The fraction of sp³-hybridized carbons (Fsp3) is 0.182. The summed E-state index contributed by atoms with van der Waals surface area (Å²) in [7, 11) is 0. The quantitative estimate of drug-likeness (QED) is 0.505. The van der Waals surface area contributed by atoms with E-state index in [1.54, 1.807) is 41.3 Å². The van der Waals surface area contributed by atoms with Crippen molar-refractivity contribution < 1.29 is 19.1 Å². The number of anilines is 1. The van der Waals surface area contributed by atoms with Gasteiger partial charge < -0.3 is 9.64 Å². The number of Topliss-reactive ketones (excluding diaryl/α,β-unsaturated/α-hetero) is 1. The van der Waals surface area contributed by atoms with Gasteiger partial charge in [0.15, 0.2) is 12.4 Å². The lowest BCUT2D eigenvalue weighted by atomic mass is 10.1. The summed E-state index contributed by atoms with van der Waals surface area (Å²) in [6.07, 6.45) is 1.40. The van der Waals surface area contributed by atoms with E-state index in [2.05, 4.69) is 4.98 Å². The molecule has 1 aliphatic heterocycles. The number of esters is 1. The first-order valence-electron chi connectivity index (χ1n) is 9.08. The molecule has 140 valence electrons. The van der Waals surface area contributed by atoms with Crippen molar-refractivity contribution >= 4 is 34.3 Å². The Labute approximate surface area is 161 Å². The lowest BCUT2D eigenvalue weighted by molar-refractivity contribution is -0.117. The molecular weight excluding hydrogens is 356 g/mol. The van der Waals surface area contributed by atoms with Crippen LogP contribution in [0.15, 0.2) is 60.7 Å². The zero-order valence-electron chi connectivity index (χ0n) is 15.1. The van der Waals surface area contributed by atoms with Crippen molar-refractivity contribution in [3.63, 3.8) is 0 Å². The molecule has 1 amide bonds. The number of ether oxygens (including phenoxy) is 1. The third-order valence-electron chi connectivity index (χ3n) is 4.72. The zero-order chi connectivity index (χ0) is 19.5. The molecule has 0 saturated carbocycles. The maximum Gasteiger partial charge on any atom is 0.357 e. The van der Waals surface area contributed by atoms with E-state index in [9.17, 15) is 14.4 Å². The molecule has 1 aromatic heterocycles. The first-order chi connectivity index (χ1) is 13.6. The second-order valence-electron chi connectivity index (χ2n) is 6.58. The van der Waals surface area contributed by atoms with Crippen LogP contribution in [0.3, 0.4) is 0 Å². The minimum absolute atomic E-state index is 0.0934. The van der Waals surface area contributed by atoms with Gasteiger partial charge in [-0.05, 0) is 42.8 Å². The molecule has 28 heavy (non-hydrogen) atoms. The summed E-state index contributed by atoms with van der Waals surface area (Å²) in [6, 6.07) is 17.6. The first kappa shape index (κ1) is 17.9. The van der Waals surface area contributed by atoms with E-state index in [1.165, 1.54) is 0 Å². The summed E-state index contributed by atoms with van der Waals surface area (Å²) < 4.78 is 5.12. The molecule has 3 aromatic rings. The Morgan fingerprint density at radius 3 is 2.54 bits per heavy atom. The number of hydrogen-bond donors (Lipinski definition) is 0. The summed E-state index contributed by atoms with van der Waals surface area (Å²) in [5.41, 5.74) is 2.05. The molecule has 1 saturated heterocycles. The fourth-order valence-electron chi connectivity index (χ4n) is 3.22. The van der Waals surface area contributed by atoms with Gasteiger partial charge in [-0.3, -0.25) is 9.59 Å². The number of benzene rings is 2. The third kappa shape index (κ3) is 3.62. The van der Waals surface area contributed by atoms with Crippen molar-refractivity contribution in [3.8, 4) is 0 Å². The summed E-state index contributed by atoms with van der Waals surface area (Å²) in [4.78, 5) is 42.3. The van der Waals surface area contributed by atoms with E-state index in [0.717, 1.165) is 17.5 Å². The molecule has 2 aromatic carbocycles. The highest BCUT2D eigenvalue weighted by molar-refractivity contribution is 6.00. The van der Waals surface area contributed by atoms with Gasteiger partial charge >= 0.3 is 5.97 Å². The second kappa shape index (κ2) is 7.60. The lowest BCUT2D eigenvalue weighted by Crippen LogP contribution is -2.23. The molecule has 1 aliphatic rings. The number of carbonyl (C=O) groups is 3. The van der Waals surface area contributed by atoms with Gasteiger partial charge in [0.05, 0.1) is 5.52 Å². The topological polar surface area (TPSA) is 76.6 Å². The highest BCUT2D eigenvalue weighted by Gasteiger charge is 2.22. The van der Waals surface area contributed by atoms with Crippen molar-refractivity contribution in [2.45, 2.75) is 12.8 Å². The highest BCUT2D eigenvalue weighted by Crippen LogP contribution is 2.21. The Hall–Kier alpha value is -3.54. The van der Waals surface area contributed by atoms with E-state index in [4.69, 9.17) is 4.74 Å². The molecule has 6 nitrogen and oxygen atoms in total. The Kier molecular flexibility index (Phi) is 4.85. The smallest absolute Gasteiger partial charge is 0.357 e. The largest absolute Gasteiger partial charge is 0.453 e. The summed E-state index contributed by atoms with van der Waals surface area (Å²) in [5.74, 6) is -0.859. The number of ketones is 1. The van der Waals surface area contributed by atoms with Crippen LogP contribution in [-0.4, -0.2) is 35.8 Å². The number of hydrogen-bond acceptors (Lipinski definition) is 5. The SMILES string of the molecule is O=C(COC(=O)c1ccc2ccccc2n1)c1ccc(N2CCCC2=O)cc1. The van der Waals surface area contributed by atoms with Gasteiger partial charge in [0.2, 0.25) is 5.91 Å². The summed E-state index contributed by atoms with van der Waals surface area (Å²) in [6.45, 7) is 0.331. The van der Waals surface area contributed by atoms with Gasteiger partial charge in [0.25, 0.3) is 0 Å². The van der Waals surface area contributed by atoms with Crippen LogP contribution in [0, 0.1) is 0 Å². The number of pyridine rings is 1. The van der Waals surface area contributed by atoms with Crippen molar-refractivity contribution in [2.24, 2.45) is 0 Å². The Balaban J connectivity index is 1.39. The molecule has 1 fully saturated rings. The predicted octanol–water partition coefficient (Wildman–Crippen LogP) is 3.40. The van der Waals surface area contributed by atoms with Crippen molar-refractivity contribution in [3.05, 3.63) is 71.9 Å². The molecule has 0 bridgehead atoms. The average molecular weight is 374 g/mol. The van der Waals surface area contributed by atoms with Crippen LogP contribution in [0.25, 0.3) is 10.9 Å². The summed E-state index contributed by atoms with van der Waals surface area (Å²) >= 11 is 0. The van der Waals surface area contributed by atoms with Crippen molar-refractivity contribution in [1.82, 2.24) is 4.98 Å². The van der Waals surface area contributed by atoms with Crippen LogP contribution in [-0.2, 0) is 9.53 Å². The molecular formula is C22H18N2O4. The maximum atomic E-state index is 12.3. The molecule has 6 heteroatoms. The number of para-hydroxylation sites is 1. The summed E-state index contributed by atoms with van der Waals surface area (Å²) in [5, 5.41) is 0.923. The van der Waals surface area contributed by atoms with Gasteiger partial charge in [-0.15, -0.1) is 0 Å². The normalized spacial score (nSPS) is 13.7. The van der Waals surface area contributed by atoms with Crippen LogP contribution in [0.1, 0.15) is 33.7 Å². The number of fused-ring (bicyclic) bond motifs is 1. The van der Waals surface area contributed by atoms with Crippen LogP contribution in [0.5, 0.6) is 0 Å². The molecule has 2 heterocycles. The minimum atomic E-state index is -0.640. The number of carbonyl (C=O) groups excluding carboxylic acids is 3. The van der Waals surface area contributed by atoms with Gasteiger partial charge in [-0.1, -0.05) is 24.3 Å². The van der Waals surface area contributed by atoms with Crippen molar-refractivity contribution in [2.75, 3.05) is 18.1 Å². The lowest BCUT2D eigenvalue weighted by Gasteiger charge is -2.15. The van der Waals surface area contributed by atoms with Crippen LogP contribution >= 0.6 is 0 Å². The van der Waals surface area contributed by atoms with Crippen molar-refractivity contribution in [1.29, 1.82) is 0 Å². The molecule has 4 rings (SSSR count). The zero-order valence-corrected chi connectivity index (χ0v) is 15.1. The number of rotatable bonds is 5. The average Bonchev–Trinajstić information content (AvgIpc) is 3.17. The minimum Gasteiger partial charge on any atom is -0.453 e. The third-order valence-corrected chi connectivity index (χ3v) is 4.72. The Morgan fingerprint density at radius 2 is 1.79 bits per heavy atom. The molecule has 0 spiro atoms. The predicted molar refractivity (Wildman–Crippen MR) is 104 cm³/mol. The molecule has 0 N–H and O–H groups in total. The van der Waals surface area contributed by atoms with Crippen LogP contribution < -0.4 is 4.90 Å². The van der Waals surface area contributed by atoms with Gasteiger partial charge in [-0.2, -0.15) is 0 Å². The first-order valence-corrected chi connectivity index (χ1v) is 9.08. The fourth-order valence-corrected chi connectivity index (χ4v) is 3.22. The number of nitrogens with zero attached hydrogens (tertiary/aromatic N) is 2. The molecule has 0 atom stereocenters. The number of aromatic nitrogens is 1. The maximum absolute atomic E-state index is 12.3. The van der Waals surface area contributed by atoms with Gasteiger partial charge in [-0.25, -0.2) is 9.78 Å². The second-order valence-corrected chi connectivity index (χ2v) is 6.58. The Morgan fingerprint density at radius 1 is 1.00 bits per heavy atom. The molecule has 0 aliphatic carbocycles. The molecule has 0 radical (unpaired) electrons. The molecule has 0 unspecified atom stereocenters. The number of amides is 1. The van der Waals surface area contributed by atoms with E-state index < -0.39 is 5.97 Å². The van der Waals surface area contributed by atoms with Crippen LogP contribution in [0.4, 0.5) is 5.69 Å². The van der Waals surface area contributed by atoms with E-state index in [0.29, 0.717) is 24.0 Å². The Bertz CT molecular complexity index is 1060. The standard InChI is InChI=1S/C22H18N2O4/c25-20(16-7-10-17(11-8-16)24-13-3-6-21(24)26)14-28-22(27)19-12-9-15-4-1-2-5-18(15)23-19/h1-2,4-5,7-12H,3,6,13-14H2. The van der Waals surface area contributed by atoms with E-state index in [-0.39, 0.29) is 24.0 Å².